The number of aromatic hydroxyl groups is 1. The van der Waals surface area contributed by atoms with Crippen molar-refractivity contribution >= 4 is 17.8 Å². The van der Waals surface area contributed by atoms with Crippen LogP contribution in [0.5, 0.6) is 5.75 Å². The van der Waals surface area contributed by atoms with Gasteiger partial charge in [0.25, 0.3) is 0 Å². The van der Waals surface area contributed by atoms with E-state index < -0.39 is 17.2 Å². The third-order valence-electron chi connectivity index (χ3n) is 5.78. The number of ether oxygens (including phenoxy) is 1. The first kappa shape index (κ1) is 27.9. The SMILES string of the molecule is CCCCCCc1ccc(C=C(C)C(=O)c2c(O)cc(C(C)CC/C=C/CC(=O)OC)oc2=O)o1. The number of allylic oxidation sites excluding steroid dienone is 2. The molecule has 190 valence electrons. The van der Waals surface area contributed by atoms with Crippen LogP contribution in [0.2, 0.25) is 0 Å². The Morgan fingerprint density at radius 1 is 1.14 bits per heavy atom. The standard InChI is InChI=1S/C28H36O7/c1-5-6-7-10-13-21-15-16-22(34-21)17-20(3)27(31)26-23(29)18-24(35-28(26)32)19(2)12-9-8-11-14-25(30)33-4/h8,11,15-19,29H,5-7,9-10,12-14H2,1-4H3/b11-8+,20-17?. The molecule has 2 aromatic rings. The summed E-state index contributed by atoms with van der Waals surface area (Å²) < 4.78 is 15.7. The Balaban J connectivity index is 2.04. The minimum atomic E-state index is -0.873. The van der Waals surface area contributed by atoms with Crippen molar-refractivity contribution < 1.29 is 28.3 Å². The van der Waals surface area contributed by atoms with Gasteiger partial charge in [0.15, 0.2) is 5.78 Å². The first-order chi connectivity index (χ1) is 16.8. The molecular weight excluding hydrogens is 448 g/mol. The molecule has 0 saturated heterocycles. The summed E-state index contributed by atoms with van der Waals surface area (Å²) >= 11 is 0. The number of methoxy groups -OCH3 is 1. The van der Waals surface area contributed by atoms with Gasteiger partial charge in [-0.05, 0) is 44.4 Å². The number of hydrogen-bond acceptors (Lipinski definition) is 7. The number of esters is 1. The van der Waals surface area contributed by atoms with Crippen LogP contribution in [0.3, 0.4) is 0 Å². The normalized spacial score (nSPS) is 12.7. The number of carbonyl (C=O) groups is 2. The maximum absolute atomic E-state index is 12.9. The number of aryl methyl sites for hydroxylation is 1. The maximum atomic E-state index is 12.9. The average Bonchev–Trinajstić information content (AvgIpc) is 3.27. The smallest absolute Gasteiger partial charge is 0.351 e. The van der Waals surface area contributed by atoms with E-state index in [0.29, 0.717) is 24.4 Å². The molecule has 2 rings (SSSR count). The van der Waals surface area contributed by atoms with Gasteiger partial charge in [-0.3, -0.25) is 9.59 Å². The molecule has 0 amide bonds. The van der Waals surface area contributed by atoms with Crippen LogP contribution in [-0.2, 0) is 16.0 Å². The van der Waals surface area contributed by atoms with Crippen LogP contribution < -0.4 is 5.63 Å². The summed E-state index contributed by atoms with van der Waals surface area (Å²) in [4.78, 5) is 36.5. The van der Waals surface area contributed by atoms with Gasteiger partial charge in [-0.25, -0.2) is 4.79 Å². The van der Waals surface area contributed by atoms with E-state index in [0.717, 1.165) is 25.0 Å². The summed E-state index contributed by atoms with van der Waals surface area (Å²) in [6, 6.07) is 5.01. The van der Waals surface area contributed by atoms with Crippen molar-refractivity contribution in [2.24, 2.45) is 0 Å². The van der Waals surface area contributed by atoms with Crippen molar-refractivity contribution in [3.8, 4) is 5.75 Å². The van der Waals surface area contributed by atoms with Crippen LogP contribution >= 0.6 is 0 Å². The number of furan rings is 1. The molecule has 0 aromatic carbocycles. The zero-order valence-electron chi connectivity index (χ0n) is 21.1. The Morgan fingerprint density at radius 2 is 1.91 bits per heavy atom. The molecule has 0 aliphatic heterocycles. The number of unbranched alkanes of at least 4 members (excludes halogenated alkanes) is 3. The number of Topliss-reactive ketones (excluding diaryl/α,β-unsaturated/α-hetero) is 1. The van der Waals surface area contributed by atoms with E-state index in [4.69, 9.17) is 8.83 Å². The van der Waals surface area contributed by atoms with Crippen molar-refractivity contribution in [2.75, 3.05) is 7.11 Å². The van der Waals surface area contributed by atoms with Crippen molar-refractivity contribution in [2.45, 2.75) is 78.1 Å². The number of ketones is 1. The molecule has 1 unspecified atom stereocenters. The minimum Gasteiger partial charge on any atom is -0.507 e. The molecule has 2 aromatic heterocycles. The van der Waals surface area contributed by atoms with Gasteiger partial charge < -0.3 is 18.7 Å². The maximum Gasteiger partial charge on any atom is 0.351 e. The van der Waals surface area contributed by atoms with Gasteiger partial charge in [-0.1, -0.05) is 45.3 Å². The summed E-state index contributed by atoms with van der Waals surface area (Å²) in [5.41, 5.74) is -1.00. The van der Waals surface area contributed by atoms with Gasteiger partial charge in [-0.2, -0.15) is 0 Å². The second-order valence-electron chi connectivity index (χ2n) is 8.70. The van der Waals surface area contributed by atoms with Crippen molar-refractivity contribution in [3.05, 3.63) is 69.2 Å². The van der Waals surface area contributed by atoms with Crippen LogP contribution in [0, 0.1) is 0 Å². The fraction of sp³-hybridized carbons (Fsp3) is 0.464. The quantitative estimate of drug-likeness (QED) is 0.109. The third-order valence-corrected chi connectivity index (χ3v) is 5.78. The van der Waals surface area contributed by atoms with Gasteiger partial charge >= 0.3 is 11.6 Å². The summed E-state index contributed by atoms with van der Waals surface area (Å²) in [7, 11) is 1.33. The van der Waals surface area contributed by atoms with Crippen molar-refractivity contribution in [1.29, 1.82) is 0 Å². The highest BCUT2D eigenvalue weighted by Gasteiger charge is 2.22. The molecule has 0 radical (unpaired) electrons. The highest BCUT2D eigenvalue weighted by Crippen LogP contribution is 2.26. The van der Waals surface area contributed by atoms with E-state index in [1.54, 1.807) is 25.1 Å². The second-order valence-corrected chi connectivity index (χ2v) is 8.70. The molecule has 0 fully saturated rings. The molecule has 1 N–H and O–H groups in total. The summed E-state index contributed by atoms with van der Waals surface area (Å²) in [6.07, 6.45) is 12.0. The highest BCUT2D eigenvalue weighted by molar-refractivity contribution is 6.11. The lowest BCUT2D eigenvalue weighted by molar-refractivity contribution is -0.139. The molecule has 7 heteroatoms. The van der Waals surface area contributed by atoms with Gasteiger partial charge in [-0.15, -0.1) is 0 Å². The summed E-state index contributed by atoms with van der Waals surface area (Å²) in [5.74, 6) is 0.177. The Labute approximate surface area is 206 Å². The molecule has 0 bridgehead atoms. The van der Waals surface area contributed by atoms with E-state index in [2.05, 4.69) is 11.7 Å². The summed E-state index contributed by atoms with van der Waals surface area (Å²) in [5, 5.41) is 10.5. The van der Waals surface area contributed by atoms with Gasteiger partial charge in [0.1, 0.15) is 28.6 Å². The first-order valence-corrected chi connectivity index (χ1v) is 12.2. The topological polar surface area (TPSA) is 107 Å². The van der Waals surface area contributed by atoms with Crippen LogP contribution in [0.4, 0.5) is 0 Å². The fourth-order valence-electron chi connectivity index (χ4n) is 3.63. The lowest BCUT2D eigenvalue weighted by Crippen LogP contribution is -2.16. The van der Waals surface area contributed by atoms with Crippen LogP contribution in [0.15, 0.2) is 49.6 Å². The predicted molar refractivity (Wildman–Crippen MR) is 135 cm³/mol. The Kier molecular flexibility index (Phi) is 11.3. The van der Waals surface area contributed by atoms with Crippen LogP contribution in [0.1, 0.15) is 99.3 Å². The molecule has 0 aliphatic rings. The number of carbonyl (C=O) groups excluding carboxylic acids is 2. The van der Waals surface area contributed by atoms with Crippen LogP contribution in [-0.4, -0.2) is 24.0 Å². The molecule has 1 atom stereocenters. The monoisotopic (exact) mass is 484 g/mol. The largest absolute Gasteiger partial charge is 0.507 e. The fourth-order valence-corrected chi connectivity index (χ4v) is 3.63. The number of rotatable bonds is 14. The van der Waals surface area contributed by atoms with E-state index in [1.807, 2.05) is 19.1 Å². The Bertz CT molecular complexity index is 1100. The molecular formula is C28H36O7. The molecule has 0 saturated carbocycles. The van der Waals surface area contributed by atoms with E-state index >= 15 is 0 Å². The Morgan fingerprint density at radius 3 is 2.60 bits per heavy atom. The van der Waals surface area contributed by atoms with E-state index in [1.165, 1.54) is 26.0 Å². The summed E-state index contributed by atoms with van der Waals surface area (Å²) in [6.45, 7) is 5.59. The third kappa shape index (κ3) is 8.74. The predicted octanol–water partition coefficient (Wildman–Crippen LogP) is 6.35. The first-order valence-electron chi connectivity index (χ1n) is 12.2. The van der Waals surface area contributed by atoms with Crippen molar-refractivity contribution in [3.63, 3.8) is 0 Å². The second kappa shape index (κ2) is 14.1. The number of hydrogen-bond donors (Lipinski definition) is 1. The average molecular weight is 485 g/mol. The van der Waals surface area contributed by atoms with Crippen LogP contribution in [0.25, 0.3) is 6.08 Å². The van der Waals surface area contributed by atoms with Gasteiger partial charge in [0.2, 0.25) is 0 Å². The highest BCUT2D eigenvalue weighted by atomic mass is 16.5. The van der Waals surface area contributed by atoms with E-state index in [-0.39, 0.29) is 29.4 Å². The van der Waals surface area contributed by atoms with Gasteiger partial charge in [0.05, 0.1) is 13.5 Å². The molecule has 0 spiro atoms. The molecule has 7 nitrogen and oxygen atoms in total. The molecule has 35 heavy (non-hydrogen) atoms. The Hall–Kier alpha value is -3.35. The van der Waals surface area contributed by atoms with Crippen molar-refractivity contribution in [1.82, 2.24) is 0 Å². The van der Waals surface area contributed by atoms with Gasteiger partial charge in [0, 0.05) is 24.0 Å². The lowest BCUT2D eigenvalue weighted by atomic mass is 9.99. The molecule has 2 heterocycles. The zero-order valence-corrected chi connectivity index (χ0v) is 21.1. The zero-order chi connectivity index (χ0) is 25.8. The molecule has 0 aliphatic carbocycles. The minimum absolute atomic E-state index is 0.170. The van der Waals surface area contributed by atoms with E-state index in [9.17, 15) is 19.5 Å². The lowest BCUT2D eigenvalue weighted by Gasteiger charge is -2.11.